The van der Waals surface area contributed by atoms with Crippen LogP contribution in [0.1, 0.15) is 47.9 Å². The standard InChI is InChI=1S/C13H20N4O/c1-13(4-2-5-13)8-15-12(18)11-9-7-14-6-3-10(9)16-17-11/h14H,2-8H2,1H3,(H,15,18)(H,16,17). The van der Waals surface area contributed by atoms with Crippen molar-refractivity contribution in [3.8, 4) is 0 Å². The summed E-state index contributed by atoms with van der Waals surface area (Å²) < 4.78 is 0. The number of hydrogen-bond acceptors (Lipinski definition) is 3. The largest absolute Gasteiger partial charge is 0.350 e. The van der Waals surface area contributed by atoms with Crippen molar-refractivity contribution >= 4 is 5.91 Å². The lowest BCUT2D eigenvalue weighted by atomic mass is 9.70. The molecule has 0 atom stereocenters. The number of fused-ring (bicyclic) bond motifs is 1. The minimum absolute atomic E-state index is 0.0377. The number of aromatic amines is 1. The molecule has 1 aliphatic carbocycles. The zero-order chi connectivity index (χ0) is 12.6. The van der Waals surface area contributed by atoms with Crippen LogP contribution in [0.5, 0.6) is 0 Å². The third-order valence-electron chi connectivity index (χ3n) is 4.26. The highest BCUT2D eigenvalue weighted by atomic mass is 16.1. The second kappa shape index (κ2) is 4.39. The van der Waals surface area contributed by atoms with Gasteiger partial charge in [0.15, 0.2) is 5.69 Å². The van der Waals surface area contributed by atoms with Crippen molar-refractivity contribution in [2.45, 2.75) is 39.2 Å². The molecule has 3 rings (SSSR count). The number of H-pyrrole nitrogens is 1. The fourth-order valence-electron chi connectivity index (χ4n) is 2.75. The van der Waals surface area contributed by atoms with Crippen molar-refractivity contribution in [1.82, 2.24) is 20.8 Å². The molecule has 1 saturated carbocycles. The van der Waals surface area contributed by atoms with Gasteiger partial charge in [0.1, 0.15) is 0 Å². The molecule has 0 saturated heterocycles. The summed E-state index contributed by atoms with van der Waals surface area (Å²) in [5.41, 5.74) is 3.02. The fraction of sp³-hybridized carbons (Fsp3) is 0.692. The minimum Gasteiger partial charge on any atom is -0.350 e. The Kier molecular flexibility index (Phi) is 2.86. The first-order valence-electron chi connectivity index (χ1n) is 6.73. The molecule has 1 aliphatic heterocycles. The van der Waals surface area contributed by atoms with E-state index in [1.54, 1.807) is 0 Å². The van der Waals surface area contributed by atoms with Gasteiger partial charge in [-0.3, -0.25) is 9.89 Å². The summed E-state index contributed by atoms with van der Waals surface area (Å²) in [6.07, 6.45) is 4.64. The molecule has 0 radical (unpaired) electrons. The highest BCUT2D eigenvalue weighted by Crippen LogP contribution is 2.39. The van der Waals surface area contributed by atoms with Gasteiger partial charge in [0, 0.05) is 37.3 Å². The van der Waals surface area contributed by atoms with E-state index in [-0.39, 0.29) is 5.91 Å². The highest BCUT2D eigenvalue weighted by molar-refractivity contribution is 5.94. The van der Waals surface area contributed by atoms with Gasteiger partial charge < -0.3 is 10.6 Å². The van der Waals surface area contributed by atoms with E-state index in [2.05, 4.69) is 27.8 Å². The van der Waals surface area contributed by atoms with Gasteiger partial charge in [-0.2, -0.15) is 5.10 Å². The first-order chi connectivity index (χ1) is 8.68. The van der Waals surface area contributed by atoms with Crippen molar-refractivity contribution in [2.24, 2.45) is 5.41 Å². The lowest BCUT2D eigenvalue weighted by molar-refractivity contribution is 0.0884. The van der Waals surface area contributed by atoms with Crippen molar-refractivity contribution in [2.75, 3.05) is 13.1 Å². The molecular formula is C13H20N4O. The molecule has 5 heteroatoms. The van der Waals surface area contributed by atoms with E-state index in [1.807, 2.05) is 0 Å². The Morgan fingerprint density at radius 2 is 2.33 bits per heavy atom. The molecule has 3 N–H and O–H groups in total. The summed E-state index contributed by atoms with van der Waals surface area (Å²) in [5.74, 6) is -0.0377. The Morgan fingerprint density at radius 1 is 1.50 bits per heavy atom. The summed E-state index contributed by atoms with van der Waals surface area (Å²) in [4.78, 5) is 12.1. The predicted molar refractivity (Wildman–Crippen MR) is 68.3 cm³/mol. The van der Waals surface area contributed by atoms with Crippen molar-refractivity contribution in [1.29, 1.82) is 0 Å². The van der Waals surface area contributed by atoms with Crippen LogP contribution in [0.2, 0.25) is 0 Å². The second-order valence-corrected chi connectivity index (χ2v) is 5.80. The molecular weight excluding hydrogens is 228 g/mol. The Balaban J connectivity index is 1.67. The number of rotatable bonds is 3. The number of aromatic nitrogens is 2. The zero-order valence-corrected chi connectivity index (χ0v) is 10.8. The van der Waals surface area contributed by atoms with E-state index >= 15 is 0 Å². The third-order valence-corrected chi connectivity index (χ3v) is 4.26. The van der Waals surface area contributed by atoms with Crippen LogP contribution in [0.3, 0.4) is 0 Å². The fourth-order valence-corrected chi connectivity index (χ4v) is 2.75. The first-order valence-corrected chi connectivity index (χ1v) is 6.73. The maximum absolute atomic E-state index is 12.1. The SMILES string of the molecule is CC1(CNC(=O)c2n[nH]c3c2CNCC3)CCC1. The van der Waals surface area contributed by atoms with Gasteiger partial charge in [-0.15, -0.1) is 0 Å². The van der Waals surface area contributed by atoms with Crippen LogP contribution in [0.25, 0.3) is 0 Å². The Bertz CT molecular complexity index is 462. The van der Waals surface area contributed by atoms with Crippen LogP contribution in [0.15, 0.2) is 0 Å². The molecule has 0 unspecified atom stereocenters. The van der Waals surface area contributed by atoms with Gasteiger partial charge in [-0.25, -0.2) is 0 Å². The van der Waals surface area contributed by atoms with Gasteiger partial charge in [0.05, 0.1) is 0 Å². The normalized spacial score (nSPS) is 20.9. The van der Waals surface area contributed by atoms with Gasteiger partial charge in [0.2, 0.25) is 0 Å². The van der Waals surface area contributed by atoms with E-state index in [0.717, 1.165) is 37.3 Å². The van der Waals surface area contributed by atoms with Gasteiger partial charge in [0.25, 0.3) is 5.91 Å². The number of carbonyl (C=O) groups is 1. The van der Waals surface area contributed by atoms with E-state index in [0.29, 0.717) is 11.1 Å². The van der Waals surface area contributed by atoms with E-state index < -0.39 is 0 Å². The minimum atomic E-state index is -0.0377. The first kappa shape index (κ1) is 11.7. The number of nitrogens with one attached hydrogen (secondary N) is 3. The molecule has 0 aromatic carbocycles. The molecule has 2 heterocycles. The van der Waals surface area contributed by atoms with Crippen LogP contribution in [-0.2, 0) is 13.0 Å². The molecule has 1 aromatic rings. The Hall–Kier alpha value is -1.36. The second-order valence-electron chi connectivity index (χ2n) is 5.80. The zero-order valence-electron chi connectivity index (χ0n) is 10.8. The summed E-state index contributed by atoms with van der Waals surface area (Å²) >= 11 is 0. The van der Waals surface area contributed by atoms with Crippen LogP contribution in [-0.4, -0.2) is 29.2 Å². The van der Waals surface area contributed by atoms with E-state index in [1.165, 1.54) is 19.3 Å². The van der Waals surface area contributed by atoms with Crippen molar-refractivity contribution in [3.63, 3.8) is 0 Å². The Morgan fingerprint density at radius 3 is 3.06 bits per heavy atom. The number of hydrogen-bond donors (Lipinski definition) is 3. The summed E-state index contributed by atoms with van der Waals surface area (Å²) in [5, 5.41) is 13.5. The molecule has 5 nitrogen and oxygen atoms in total. The summed E-state index contributed by atoms with van der Waals surface area (Å²) in [6.45, 7) is 4.69. The number of carbonyl (C=O) groups excluding carboxylic acids is 1. The predicted octanol–water partition coefficient (Wildman–Crippen LogP) is 0.975. The highest BCUT2D eigenvalue weighted by Gasteiger charge is 2.32. The number of amides is 1. The lowest BCUT2D eigenvalue weighted by Gasteiger charge is -2.38. The maximum atomic E-state index is 12.1. The Labute approximate surface area is 107 Å². The smallest absolute Gasteiger partial charge is 0.272 e. The molecule has 98 valence electrons. The average molecular weight is 248 g/mol. The maximum Gasteiger partial charge on any atom is 0.272 e. The van der Waals surface area contributed by atoms with Crippen LogP contribution in [0.4, 0.5) is 0 Å². The summed E-state index contributed by atoms with van der Waals surface area (Å²) in [6, 6.07) is 0. The number of nitrogens with zero attached hydrogens (tertiary/aromatic N) is 1. The third kappa shape index (κ3) is 2.03. The van der Waals surface area contributed by atoms with Gasteiger partial charge in [-0.1, -0.05) is 13.3 Å². The van der Waals surface area contributed by atoms with E-state index in [4.69, 9.17) is 0 Å². The molecule has 0 spiro atoms. The molecule has 18 heavy (non-hydrogen) atoms. The lowest BCUT2D eigenvalue weighted by Crippen LogP contribution is -2.40. The molecule has 1 aromatic heterocycles. The summed E-state index contributed by atoms with van der Waals surface area (Å²) in [7, 11) is 0. The quantitative estimate of drug-likeness (QED) is 0.746. The van der Waals surface area contributed by atoms with Gasteiger partial charge in [-0.05, 0) is 18.3 Å². The van der Waals surface area contributed by atoms with E-state index in [9.17, 15) is 4.79 Å². The van der Waals surface area contributed by atoms with Crippen LogP contribution in [0, 0.1) is 5.41 Å². The van der Waals surface area contributed by atoms with Gasteiger partial charge >= 0.3 is 0 Å². The van der Waals surface area contributed by atoms with Crippen LogP contribution < -0.4 is 10.6 Å². The van der Waals surface area contributed by atoms with Crippen LogP contribution >= 0.6 is 0 Å². The molecule has 1 amide bonds. The molecule has 0 bridgehead atoms. The van der Waals surface area contributed by atoms with Crippen molar-refractivity contribution in [3.05, 3.63) is 17.0 Å². The molecule has 1 fully saturated rings. The molecule has 2 aliphatic rings. The topological polar surface area (TPSA) is 69.8 Å². The van der Waals surface area contributed by atoms with Crippen molar-refractivity contribution < 1.29 is 4.79 Å². The average Bonchev–Trinajstić information content (AvgIpc) is 2.77. The monoisotopic (exact) mass is 248 g/mol.